The lowest BCUT2D eigenvalue weighted by molar-refractivity contribution is -0.159. The first-order chi connectivity index (χ1) is 12.8. The van der Waals surface area contributed by atoms with Crippen LogP contribution in [0.5, 0.6) is 0 Å². The Hall–Kier alpha value is -2.91. The summed E-state index contributed by atoms with van der Waals surface area (Å²) in [7, 11) is 0. The molecular formula is C17H22N2O8. The molecule has 148 valence electrons. The predicted octanol–water partition coefficient (Wildman–Crippen LogP) is -0.121. The largest absolute Gasteiger partial charge is 0.481 e. The molecule has 1 saturated heterocycles. The van der Waals surface area contributed by atoms with E-state index in [-0.39, 0.29) is 44.0 Å². The summed E-state index contributed by atoms with van der Waals surface area (Å²) >= 11 is 0. The molecule has 0 spiro atoms. The van der Waals surface area contributed by atoms with E-state index in [0.29, 0.717) is 18.4 Å². The number of nitrogens with one attached hydrogen (secondary N) is 1. The third-order valence-corrected chi connectivity index (χ3v) is 4.87. The van der Waals surface area contributed by atoms with Gasteiger partial charge in [-0.2, -0.15) is 0 Å². The quantitative estimate of drug-likeness (QED) is 0.349. The van der Waals surface area contributed by atoms with Crippen LogP contribution in [0.15, 0.2) is 11.3 Å². The molecule has 27 heavy (non-hydrogen) atoms. The lowest BCUT2D eigenvalue weighted by atomic mass is 9.74. The van der Waals surface area contributed by atoms with Crippen molar-refractivity contribution in [3.8, 4) is 0 Å². The Morgan fingerprint density at radius 1 is 1.30 bits per heavy atom. The summed E-state index contributed by atoms with van der Waals surface area (Å²) < 4.78 is 4.69. The van der Waals surface area contributed by atoms with Gasteiger partial charge in [0.15, 0.2) is 0 Å². The second kappa shape index (κ2) is 8.65. The van der Waals surface area contributed by atoms with Crippen molar-refractivity contribution >= 4 is 30.2 Å². The molecule has 2 rings (SSSR count). The van der Waals surface area contributed by atoms with Gasteiger partial charge in [0.2, 0.25) is 5.91 Å². The van der Waals surface area contributed by atoms with Crippen LogP contribution in [0.25, 0.3) is 0 Å². The number of nitrogens with zero attached hydrogens (tertiary/aromatic N) is 1. The van der Waals surface area contributed by atoms with Crippen molar-refractivity contribution in [2.45, 2.75) is 51.1 Å². The molecule has 10 heteroatoms. The fraction of sp³-hybridized carbons (Fsp3) is 0.588. The number of hydrogen-bond acceptors (Lipinski definition) is 6. The molecule has 0 aromatic heterocycles. The Morgan fingerprint density at radius 3 is 2.56 bits per heavy atom. The number of carboxylic acid groups (broad SMARTS) is 2. The minimum Gasteiger partial charge on any atom is -0.481 e. The van der Waals surface area contributed by atoms with Gasteiger partial charge in [-0.05, 0) is 24.3 Å². The van der Waals surface area contributed by atoms with E-state index in [0.717, 1.165) is 4.90 Å². The standard InChI is InChI=1S/C17H22N2O8/c1-2-9-6-10(7-27-8-20)15(17(25)26)19-14(9)13(16(19)24)18-11(21)4-3-5-12(22)23/h8-9,13-14H,2-7H2,1H3,(H,18,21)(H,22,23)(H,25,26). The number of β-lactam (4-membered cyclic amide) rings is 1. The summed E-state index contributed by atoms with van der Waals surface area (Å²) in [6, 6.07) is -1.33. The number of hydrogen-bond donors (Lipinski definition) is 3. The monoisotopic (exact) mass is 382 g/mol. The highest BCUT2D eigenvalue weighted by molar-refractivity contribution is 6.01. The van der Waals surface area contributed by atoms with E-state index in [2.05, 4.69) is 10.1 Å². The van der Waals surface area contributed by atoms with Gasteiger partial charge in [0.25, 0.3) is 12.4 Å². The first-order valence-electron chi connectivity index (χ1n) is 8.66. The number of ether oxygens (including phenoxy) is 1. The van der Waals surface area contributed by atoms with Gasteiger partial charge in [-0.15, -0.1) is 0 Å². The number of fused-ring (bicyclic) bond motifs is 1. The average molecular weight is 382 g/mol. The Morgan fingerprint density at radius 2 is 2.00 bits per heavy atom. The van der Waals surface area contributed by atoms with Crippen LogP contribution < -0.4 is 5.32 Å². The maximum absolute atomic E-state index is 12.5. The van der Waals surface area contributed by atoms with Crippen molar-refractivity contribution in [1.82, 2.24) is 10.2 Å². The van der Waals surface area contributed by atoms with Gasteiger partial charge < -0.3 is 20.3 Å². The van der Waals surface area contributed by atoms with Crippen LogP contribution in [-0.4, -0.2) is 64.0 Å². The van der Waals surface area contributed by atoms with Crippen molar-refractivity contribution in [2.24, 2.45) is 5.92 Å². The molecule has 0 aromatic carbocycles. The molecule has 1 fully saturated rings. The summed E-state index contributed by atoms with van der Waals surface area (Å²) in [6.07, 6.45) is 0.953. The molecule has 0 aliphatic carbocycles. The van der Waals surface area contributed by atoms with E-state index in [4.69, 9.17) is 5.11 Å². The number of carbonyl (C=O) groups excluding carboxylic acids is 3. The molecule has 0 radical (unpaired) electrons. The van der Waals surface area contributed by atoms with Crippen LogP contribution >= 0.6 is 0 Å². The average Bonchev–Trinajstić information content (AvgIpc) is 2.62. The molecule has 2 amide bonds. The lowest BCUT2D eigenvalue weighted by Crippen LogP contribution is -2.74. The maximum atomic E-state index is 12.5. The van der Waals surface area contributed by atoms with E-state index in [1.807, 2.05) is 6.92 Å². The predicted molar refractivity (Wildman–Crippen MR) is 89.1 cm³/mol. The molecule has 2 aliphatic heterocycles. The van der Waals surface area contributed by atoms with Gasteiger partial charge in [0, 0.05) is 12.8 Å². The molecule has 0 bridgehead atoms. The number of rotatable bonds is 10. The molecule has 3 unspecified atom stereocenters. The molecule has 10 nitrogen and oxygen atoms in total. The van der Waals surface area contributed by atoms with Gasteiger partial charge >= 0.3 is 11.9 Å². The maximum Gasteiger partial charge on any atom is 0.352 e. The van der Waals surface area contributed by atoms with Gasteiger partial charge in [-0.1, -0.05) is 13.3 Å². The highest BCUT2D eigenvalue weighted by atomic mass is 16.5. The summed E-state index contributed by atoms with van der Waals surface area (Å²) in [4.78, 5) is 58.3. The van der Waals surface area contributed by atoms with E-state index < -0.39 is 35.8 Å². The summed E-state index contributed by atoms with van der Waals surface area (Å²) in [6.45, 7) is 1.91. The SMILES string of the molecule is CCC1CC(COC=O)=C(C(=O)O)N2C(=O)C(NC(=O)CCCC(=O)O)C12. The minimum absolute atomic E-state index is 0.0281. The Kier molecular flexibility index (Phi) is 6.54. The fourth-order valence-electron chi connectivity index (χ4n) is 3.65. The summed E-state index contributed by atoms with van der Waals surface area (Å²) in [5.41, 5.74) is 0.158. The topological polar surface area (TPSA) is 150 Å². The van der Waals surface area contributed by atoms with Crippen molar-refractivity contribution in [1.29, 1.82) is 0 Å². The number of carbonyl (C=O) groups is 5. The smallest absolute Gasteiger partial charge is 0.352 e. The molecule has 0 saturated carbocycles. The summed E-state index contributed by atoms with van der Waals surface area (Å²) in [5, 5.41) is 20.7. The third kappa shape index (κ3) is 4.26. The third-order valence-electron chi connectivity index (χ3n) is 4.87. The van der Waals surface area contributed by atoms with Crippen LogP contribution in [-0.2, 0) is 28.7 Å². The lowest BCUT2D eigenvalue weighted by Gasteiger charge is -2.53. The second-order valence-corrected chi connectivity index (χ2v) is 6.53. The Balaban J connectivity index is 2.14. The van der Waals surface area contributed by atoms with Crippen molar-refractivity contribution < 1.29 is 38.9 Å². The van der Waals surface area contributed by atoms with Crippen LogP contribution in [0, 0.1) is 5.92 Å². The number of aliphatic carboxylic acids is 2. The van der Waals surface area contributed by atoms with Gasteiger partial charge in [-0.3, -0.25) is 24.1 Å². The number of amides is 2. The van der Waals surface area contributed by atoms with Crippen LogP contribution in [0.1, 0.15) is 39.0 Å². The first kappa shape index (κ1) is 20.4. The van der Waals surface area contributed by atoms with E-state index in [1.54, 1.807) is 0 Å². The van der Waals surface area contributed by atoms with Crippen LogP contribution in [0.3, 0.4) is 0 Å². The highest BCUT2D eigenvalue weighted by Gasteiger charge is 2.56. The summed E-state index contributed by atoms with van der Waals surface area (Å²) in [5.74, 6) is -3.38. The van der Waals surface area contributed by atoms with Crippen molar-refractivity contribution in [2.75, 3.05) is 6.61 Å². The van der Waals surface area contributed by atoms with E-state index >= 15 is 0 Å². The van der Waals surface area contributed by atoms with E-state index in [1.165, 1.54) is 0 Å². The van der Waals surface area contributed by atoms with Gasteiger partial charge in [0.05, 0.1) is 6.04 Å². The first-order valence-corrected chi connectivity index (χ1v) is 8.66. The van der Waals surface area contributed by atoms with Crippen molar-refractivity contribution in [3.63, 3.8) is 0 Å². The molecule has 3 N–H and O–H groups in total. The van der Waals surface area contributed by atoms with Crippen LogP contribution in [0.4, 0.5) is 0 Å². The highest BCUT2D eigenvalue weighted by Crippen LogP contribution is 2.41. The molecule has 0 aromatic rings. The fourth-order valence-corrected chi connectivity index (χ4v) is 3.65. The zero-order valence-corrected chi connectivity index (χ0v) is 14.8. The molecule has 2 aliphatic rings. The minimum atomic E-state index is -1.29. The molecule has 2 heterocycles. The Labute approximate surface area is 155 Å². The normalized spacial score (nSPS) is 24.0. The van der Waals surface area contributed by atoms with Crippen LogP contribution in [0.2, 0.25) is 0 Å². The van der Waals surface area contributed by atoms with Gasteiger partial charge in [0.1, 0.15) is 18.3 Å². The zero-order valence-electron chi connectivity index (χ0n) is 14.8. The molecule has 3 atom stereocenters. The van der Waals surface area contributed by atoms with Gasteiger partial charge in [-0.25, -0.2) is 4.79 Å². The van der Waals surface area contributed by atoms with Crippen molar-refractivity contribution in [3.05, 3.63) is 11.3 Å². The molecular weight excluding hydrogens is 360 g/mol. The van der Waals surface area contributed by atoms with E-state index in [9.17, 15) is 29.1 Å². The zero-order chi connectivity index (χ0) is 20.1. The number of carboxylic acids is 2. The Bertz CT molecular complexity index is 686. The second-order valence-electron chi connectivity index (χ2n) is 6.53.